The first-order valence-corrected chi connectivity index (χ1v) is 16.9. The third-order valence-corrected chi connectivity index (χ3v) is 11.5. The minimum absolute atomic E-state index is 0.248. The molecule has 3 unspecified atom stereocenters. The van der Waals surface area contributed by atoms with E-state index in [9.17, 15) is 0 Å². The Morgan fingerprint density at radius 3 is 2.15 bits per heavy atom. The van der Waals surface area contributed by atoms with Gasteiger partial charge in [0.05, 0.1) is 16.6 Å². The van der Waals surface area contributed by atoms with Gasteiger partial charge < -0.3 is 9.13 Å². The van der Waals surface area contributed by atoms with Gasteiger partial charge in [0.2, 0.25) is 0 Å². The molecule has 3 aliphatic rings. The fraction of sp³-hybridized carbons (Fsp3) is 0.111. The number of rotatable bonds is 3. The van der Waals surface area contributed by atoms with E-state index < -0.39 is 0 Å². The van der Waals surface area contributed by atoms with Gasteiger partial charge in [-0.25, -0.2) is 0 Å². The first kappa shape index (κ1) is 25.6. The molecule has 2 nitrogen and oxygen atoms in total. The average Bonchev–Trinajstić information content (AvgIpc) is 3.65. The van der Waals surface area contributed by atoms with Crippen LogP contribution in [0.3, 0.4) is 0 Å². The van der Waals surface area contributed by atoms with Gasteiger partial charge in [-0.2, -0.15) is 0 Å². The molecular formula is C45H32N2. The SMILES string of the molecule is CC1(c2ccccc2)c2ccccc2-c2c1ccc1c3ccccc3n(-c3cccc(-n4c5c(c6ccccc64)C=CC4CC54)c3)c21. The molecule has 0 amide bonds. The number of allylic oxidation sites excluding steroid dienone is 1. The van der Waals surface area contributed by atoms with E-state index in [0.717, 1.165) is 0 Å². The Labute approximate surface area is 273 Å². The normalized spacial score (nSPS) is 20.4. The van der Waals surface area contributed by atoms with Crippen LogP contribution >= 0.6 is 0 Å². The summed E-state index contributed by atoms with van der Waals surface area (Å²) in [6, 6.07) is 52.0. The Bertz CT molecular complexity index is 2630. The van der Waals surface area contributed by atoms with Crippen molar-refractivity contribution in [3.05, 3.63) is 174 Å². The van der Waals surface area contributed by atoms with Crippen molar-refractivity contribution in [2.45, 2.75) is 24.7 Å². The Kier molecular flexibility index (Phi) is 4.91. The first-order valence-electron chi connectivity index (χ1n) is 16.9. The van der Waals surface area contributed by atoms with Gasteiger partial charge in [-0.05, 0) is 71.8 Å². The summed E-state index contributed by atoms with van der Waals surface area (Å²) in [6.45, 7) is 2.41. The lowest BCUT2D eigenvalue weighted by Gasteiger charge is -2.28. The minimum Gasteiger partial charge on any atom is -0.313 e. The standard InChI is InChI=1S/C45H32N2/c1-45(29-12-3-2-4-13-29)38-19-8-5-18-36(38)42-39(45)25-24-35-33-17-7-10-21-41(33)47(44(35)42)31-15-11-14-30(27-31)46-40-20-9-6-16-32(40)34-23-22-28-26-37(28)43(34)46/h2-25,27-28,37H,26H2,1H3. The van der Waals surface area contributed by atoms with Gasteiger partial charge in [0.1, 0.15) is 0 Å². The fourth-order valence-electron chi connectivity index (χ4n) is 9.22. The summed E-state index contributed by atoms with van der Waals surface area (Å²) < 4.78 is 5.10. The molecule has 2 aromatic heterocycles. The Morgan fingerprint density at radius 2 is 1.30 bits per heavy atom. The number of aromatic nitrogens is 2. The highest BCUT2D eigenvalue weighted by atomic mass is 15.0. The number of hydrogen-bond acceptors (Lipinski definition) is 0. The number of hydrogen-bond donors (Lipinski definition) is 0. The van der Waals surface area contributed by atoms with Crippen LogP contribution < -0.4 is 0 Å². The third kappa shape index (κ3) is 3.25. The Balaban J connectivity index is 1.23. The topological polar surface area (TPSA) is 9.86 Å². The summed E-state index contributed by atoms with van der Waals surface area (Å²) in [5, 5.41) is 3.93. The summed E-state index contributed by atoms with van der Waals surface area (Å²) in [4.78, 5) is 0. The molecule has 6 aromatic carbocycles. The van der Waals surface area contributed by atoms with Crippen LogP contribution in [0.5, 0.6) is 0 Å². The molecule has 0 aliphatic heterocycles. The van der Waals surface area contributed by atoms with Crippen LogP contribution in [0.2, 0.25) is 0 Å². The molecule has 1 saturated carbocycles. The van der Waals surface area contributed by atoms with Crippen molar-refractivity contribution < 1.29 is 0 Å². The number of para-hydroxylation sites is 2. The van der Waals surface area contributed by atoms with Crippen LogP contribution in [0.15, 0.2) is 146 Å². The van der Waals surface area contributed by atoms with E-state index >= 15 is 0 Å². The zero-order chi connectivity index (χ0) is 30.9. The second-order valence-electron chi connectivity index (χ2n) is 13.8. The zero-order valence-corrected chi connectivity index (χ0v) is 26.2. The molecule has 3 atom stereocenters. The highest BCUT2D eigenvalue weighted by Crippen LogP contribution is 2.57. The summed E-state index contributed by atoms with van der Waals surface area (Å²) in [7, 11) is 0. The maximum absolute atomic E-state index is 2.56. The Morgan fingerprint density at radius 1 is 0.596 bits per heavy atom. The minimum atomic E-state index is -0.248. The molecule has 1 fully saturated rings. The molecule has 11 rings (SSSR count). The van der Waals surface area contributed by atoms with Crippen LogP contribution in [-0.2, 0) is 5.41 Å². The van der Waals surface area contributed by atoms with Gasteiger partial charge in [0.25, 0.3) is 0 Å². The van der Waals surface area contributed by atoms with Crippen molar-refractivity contribution in [2.75, 3.05) is 0 Å². The van der Waals surface area contributed by atoms with Crippen molar-refractivity contribution >= 4 is 38.8 Å². The Hall–Kier alpha value is -5.60. The average molecular weight is 601 g/mol. The van der Waals surface area contributed by atoms with Crippen LogP contribution in [0.25, 0.3) is 61.3 Å². The first-order chi connectivity index (χ1) is 23.2. The van der Waals surface area contributed by atoms with Gasteiger partial charge >= 0.3 is 0 Å². The lowest BCUT2D eigenvalue weighted by Crippen LogP contribution is -2.22. The summed E-state index contributed by atoms with van der Waals surface area (Å²) >= 11 is 0. The molecule has 222 valence electrons. The lowest BCUT2D eigenvalue weighted by molar-refractivity contribution is 0.714. The van der Waals surface area contributed by atoms with E-state index in [0.29, 0.717) is 11.8 Å². The molecule has 0 N–H and O–H groups in total. The quantitative estimate of drug-likeness (QED) is 0.191. The maximum Gasteiger partial charge on any atom is 0.0622 e. The van der Waals surface area contributed by atoms with E-state index in [-0.39, 0.29) is 5.41 Å². The van der Waals surface area contributed by atoms with Gasteiger partial charge in [0, 0.05) is 55.7 Å². The predicted molar refractivity (Wildman–Crippen MR) is 195 cm³/mol. The zero-order valence-electron chi connectivity index (χ0n) is 26.2. The van der Waals surface area contributed by atoms with Crippen LogP contribution in [0.4, 0.5) is 0 Å². The van der Waals surface area contributed by atoms with Crippen LogP contribution in [0, 0.1) is 5.92 Å². The molecule has 0 radical (unpaired) electrons. The van der Waals surface area contributed by atoms with Crippen molar-refractivity contribution in [3.8, 4) is 22.5 Å². The highest BCUT2D eigenvalue weighted by Gasteiger charge is 2.44. The van der Waals surface area contributed by atoms with Crippen molar-refractivity contribution in [1.82, 2.24) is 9.13 Å². The number of nitrogens with zero attached hydrogens (tertiary/aromatic N) is 2. The monoisotopic (exact) mass is 600 g/mol. The van der Waals surface area contributed by atoms with Crippen molar-refractivity contribution in [2.24, 2.45) is 5.92 Å². The molecule has 3 aliphatic carbocycles. The third-order valence-electron chi connectivity index (χ3n) is 11.5. The predicted octanol–water partition coefficient (Wildman–Crippen LogP) is 11.2. The second kappa shape index (κ2) is 9.02. The van der Waals surface area contributed by atoms with Crippen LogP contribution in [0.1, 0.15) is 47.2 Å². The summed E-state index contributed by atoms with van der Waals surface area (Å²) in [5.41, 5.74) is 15.6. The molecular weight excluding hydrogens is 569 g/mol. The van der Waals surface area contributed by atoms with Crippen LogP contribution in [-0.4, -0.2) is 9.13 Å². The molecule has 0 spiro atoms. The number of benzene rings is 6. The summed E-state index contributed by atoms with van der Waals surface area (Å²) in [5.74, 6) is 1.28. The largest absolute Gasteiger partial charge is 0.313 e. The molecule has 0 saturated heterocycles. The highest BCUT2D eigenvalue weighted by molar-refractivity contribution is 6.16. The van der Waals surface area contributed by atoms with Crippen molar-refractivity contribution in [3.63, 3.8) is 0 Å². The lowest BCUT2D eigenvalue weighted by atomic mass is 9.74. The van der Waals surface area contributed by atoms with Crippen molar-refractivity contribution in [1.29, 1.82) is 0 Å². The second-order valence-corrected chi connectivity index (χ2v) is 13.8. The van der Waals surface area contributed by atoms with E-state index in [1.807, 2.05) is 0 Å². The van der Waals surface area contributed by atoms with E-state index in [1.54, 1.807) is 0 Å². The molecule has 2 heteroatoms. The smallest absolute Gasteiger partial charge is 0.0622 e. The van der Waals surface area contributed by atoms with Gasteiger partial charge in [0.15, 0.2) is 0 Å². The molecule has 0 bridgehead atoms. The molecule has 8 aromatic rings. The fourth-order valence-corrected chi connectivity index (χ4v) is 9.22. The van der Waals surface area contributed by atoms with E-state index in [2.05, 4.69) is 168 Å². The molecule has 2 heterocycles. The van der Waals surface area contributed by atoms with Gasteiger partial charge in [-0.1, -0.05) is 121 Å². The van der Waals surface area contributed by atoms with Gasteiger partial charge in [-0.15, -0.1) is 0 Å². The van der Waals surface area contributed by atoms with Gasteiger partial charge in [-0.3, -0.25) is 0 Å². The molecule has 47 heavy (non-hydrogen) atoms. The summed E-state index contributed by atoms with van der Waals surface area (Å²) in [6.07, 6.45) is 6.06. The van der Waals surface area contributed by atoms with E-state index in [4.69, 9.17) is 0 Å². The number of fused-ring (bicyclic) bond motifs is 12. The van der Waals surface area contributed by atoms with E-state index in [1.165, 1.54) is 89.6 Å². The maximum atomic E-state index is 2.56.